The van der Waals surface area contributed by atoms with E-state index < -0.39 is 15.8 Å². The van der Waals surface area contributed by atoms with Crippen molar-refractivity contribution in [1.29, 1.82) is 5.26 Å². The molecular weight excluding hydrogens is 228 g/mol. The van der Waals surface area contributed by atoms with Crippen LogP contribution in [0.2, 0.25) is 0 Å². The van der Waals surface area contributed by atoms with Gasteiger partial charge in [-0.15, -0.1) is 0 Å². The third kappa shape index (κ3) is 2.64. The number of ether oxygens (including phenoxy) is 1. The molecule has 0 aliphatic carbocycles. The van der Waals surface area contributed by atoms with Crippen molar-refractivity contribution in [3.63, 3.8) is 0 Å². The molecule has 0 atom stereocenters. The molecule has 0 radical (unpaired) electrons. The van der Waals surface area contributed by atoms with E-state index in [0.717, 1.165) is 4.31 Å². The summed E-state index contributed by atoms with van der Waals surface area (Å²) in [6.07, 6.45) is 0. The molecule has 0 aromatic heterocycles. The van der Waals surface area contributed by atoms with Crippen LogP contribution in [0, 0.1) is 11.3 Å². The fraction of sp³-hybridized carbons (Fsp3) is 0.300. The molecule has 0 saturated heterocycles. The van der Waals surface area contributed by atoms with E-state index in [1.807, 2.05) is 0 Å². The highest BCUT2D eigenvalue weighted by atomic mass is 32.2. The predicted molar refractivity (Wildman–Crippen MR) is 60.8 cm³/mol. The number of nitrogens with zero attached hydrogens (tertiary/aromatic N) is 2. The molecule has 0 amide bonds. The van der Waals surface area contributed by atoms with E-state index >= 15 is 0 Å². The molecule has 0 saturated carbocycles. The fourth-order valence-corrected chi connectivity index (χ4v) is 1.94. The Bertz CT molecular complexity index is 505. The molecule has 0 unspecified atom stereocenters. The van der Waals surface area contributed by atoms with Crippen molar-refractivity contribution in [3.05, 3.63) is 24.3 Å². The van der Waals surface area contributed by atoms with Crippen LogP contribution >= 0.6 is 0 Å². The second-order valence-corrected chi connectivity index (χ2v) is 5.08. The monoisotopic (exact) mass is 240 g/mol. The normalized spacial score (nSPS) is 10.6. The molecule has 0 N–H and O–H groups in total. The van der Waals surface area contributed by atoms with Crippen LogP contribution < -0.4 is 9.04 Å². The van der Waals surface area contributed by atoms with E-state index in [1.165, 1.54) is 14.2 Å². The van der Waals surface area contributed by atoms with E-state index in [4.69, 9.17) is 10.00 Å². The summed E-state index contributed by atoms with van der Waals surface area (Å²) >= 11 is 0. The number of benzene rings is 1. The Hall–Kier alpha value is -1.74. The Morgan fingerprint density at radius 2 is 2.19 bits per heavy atom. The Labute approximate surface area is 94.9 Å². The Morgan fingerprint density at radius 3 is 2.75 bits per heavy atom. The molecule has 0 fully saturated rings. The van der Waals surface area contributed by atoms with Crippen molar-refractivity contribution in [2.75, 3.05) is 24.2 Å². The fourth-order valence-electron chi connectivity index (χ4n) is 1.15. The van der Waals surface area contributed by atoms with Crippen LogP contribution in [0.15, 0.2) is 24.3 Å². The number of sulfonamides is 1. The average molecular weight is 240 g/mol. The first-order valence-electron chi connectivity index (χ1n) is 4.49. The maximum absolute atomic E-state index is 11.6. The highest BCUT2D eigenvalue weighted by molar-refractivity contribution is 7.92. The molecule has 86 valence electrons. The highest BCUT2D eigenvalue weighted by Gasteiger charge is 2.17. The Kier molecular flexibility index (Phi) is 3.74. The first kappa shape index (κ1) is 12.3. The minimum atomic E-state index is -3.57. The zero-order valence-corrected chi connectivity index (χ0v) is 9.86. The lowest BCUT2D eigenvalue weighted by Crippen LogP contribution is -2.28. The summed E-state index contributed by atoms with van der Waals surface area (Å²) in [6, 6.07) is 8.26. The van der Waals surface area contributed by atoms with E-state index in [2.05, 4.69) is 0 Å². The summed E-state index contributed by atoms with van der Waals surface area (Å²) in [6.45, 7) is 0. The Balaban J connectivity index is 3.06. The standard InChI is InChI=1S/C10H12N2O3S/c1-12(16(13,14)7-6-11)9-4-3-5-10(8-9)15-2/h3-5,8H,7H2,1-2H3. The summed E-state index contributed by atoms with van der Waals surface area (Å²) in [7, 11) is -0.665. The lowest BCUT2D eigenvalue weighted by Gasteiger charge is -2.18. The van der Waals surface area contributed by atoms with E-state index in [9.17, 15) is 8.42 Å². The summed E-state index contributed by atoms with van der Waals surface area (Å²) in [5.74, 6) is 0.0252. The zero-order valence-electron chi connectivity index (χ0n) is 9.04. The molecule has 0 bridgehead atoms. The van der Waals surface area contributed by atoms with Crippen molar-refractivity contribution in [1.82, 2.24) is 0 Å². The topological polar surface area (TPSA) is 70.4 Å². The predicted octanol–water partition coefficient (Wildman–Crippen LogP) is 0.985. The second-order valence-electron chi connectivity index (χ2n) is 3.08. The number of hydrogen-bond donors (Lipinski definition) is 0. The molecule has 0 aliphatic heterocycles. The number of anilines is 1. The van der Waals surface area contributed by atoms with Gasteiger partial charge in [0.25, 0.3) is 0 Å². The first-order chi connectivity index (χ1) is 7.51. The van der Waals surface area contributed by atoms with Gasteiger partial charge >= 0.3 is 0 Å². The van der Waals surface area contributed by atoms with Gasteiger partial charge in [-0.05, 0) is 12.1 Å². The van der Waals surface area contributed by atoms with Gasteiger partial charge in [0.1, 0.15) is 5.75 Å². The minimum Gasteiger partial charge on any atom is -0.497 e. The minimum absolute atomic E-state index is 0.467. The zero-order chi connectivity index (χ0) is 12.2. The molecule has 6 heteroatoms. The Morgan fingerprint density at radius 1 is 1.50 bits per heavy atom. The lowest BCUT2D eigenvalue weighted by atomic mass is 10.3. The molecule has 1 aromatic carbocycles. The SMILES string of the molecule is COc1cccc(N(C)S(=O)(=O)CC#N)c1. The third-order valence-corrected chi connectivity index (χ3v) is 3.62. The summed E-state index contributed by atoms with van der Waals surface area (Å²) in [5.41, 5.74) is 0.467. The summed E-state index contributed by atoms with van der Waals surface area (Å²) in [4.78, 5) is 0. The maximum atomic E-state index is 11.6. The molecular formula is C10H12N2O3S. The van der Waals surface area contributed by atoms with Crippen molar-refractivity contribution < 1.29 is 13.2 Å². The lowest BCUT2D eigenvalue weighted by molar-refractivity contribution is 0.415. The van der Waals surface area contributed by atoms with Crippen molar-refractivity contribution in [2.24, 2.45) is 0 Å². The van der Waals surface area contributed by atoms with Crippen LogP contribution in [0.25, 0.3) is 0 Å². The van der Waals surface area contributed by atoms with Crippen molar-refractivity contribution in [3.8, 4) is 11.8 Å². The molecule has 1 aromatic rings. The van der Waals surface area contributed by atoms with Gasteiger partial charge in [-0.1, -0.05) is 6.07 Å². The van der Waals surface area contributed by atoms with Gasteiger partial charge in [0.2, 0.25) is 10.0 Å². The van der Waals surface area contributed by atoms with Gasteiger partial charge in [0.15, 0.2) is 5.75 Å². The van der Waals surface area contributed by atoms with Gasteiger partial charge in [0.05, 0.1) is 18.9 Å². The van der Waals surface area contributed by atoms with Gasteiger partial charge in [-0.25, -0.2) is 8.42 Å². The third-order valence-electron chi connectivity index (χ3n) is 2.08. The van der Waals surface area contributed by atoms with Crippen LogP contribution in [0.1, 0.15) is 0 Å². The van der Waals surface area contributed by atoms with Crippen LogP contribution in [0.4, 0.5) is 5.69 Å². The molecule has 16 heavy (non-hydrogen) atoms. The van der Waals surface area contributed by atoms with E-state index in [1.54, 1.807) is 30.3 Å². The van der Waals surface area contributed by atoms with Crippen LogP contribution in [0.3, 0.4) is 0 Å². The molecule has 1 rings (SSSR count). The smallest absolute Gasteiger partial charge is 0.248 e. The summed E-state index contributed by atoms with van der Waals surface area (Å²) < 4.78 is 29.2. The molecule has 0 aliphatic rings. The van der Waals surface area contributed by atoms with Crippen LogP contribution in [-0.4, -0.2) is 28.3 Å². The molecule has 0 spiro atoms. The van der Waals surface area contributed by atoms with Crippen LogP contribution in [0.5, 0.6) is 5.75 Å². The van der Waals surface area contributed by atoms with Gasteiger partial charge in [-0.3, -0.25) is 4.31 Å². The van der Waals surface area contributed by atoms with E-state index in [0.29, 0.717) is 11.4 Å². The maximum Gasteiger partial charge on any atom is 0.248 e. The number of nitriles is 1. The van der Waals surface area contributed by atoms with Crippen LogP contribution in [-0.2, 0) is 10.0 Å². The molecule has 5 nitrogen and oxygen atoms in total. The largest absolute Gasteiger partial charge is 0.497 e. The first-order valence-corrected chi connectivity index (χ1v) is 6.10. The van der Waals surface area contributed by atoms with Gasteiger partial charge in [-0.2, -0.15) is 5.26 Å². The van der Waals surface area contributed by atoms with Crippen molar-refractivity contribution in [2.45, 2.75) is 0 Å². The van der Waals surface area contributed by atoms with Gasteiger partial charge in [0, 0.05) is 13.1 Å². The number of rotatable bonds is 4. The highest BCUT2D eigenvalue weighted by Crippen LogP contribution is 2.21. The summed E-state index contributed by atoms with van der Waals surface area (Å²) in [5, 5.41) is 8.42. The number of hydrogen-bond acceptors (Lipinski definition) is 4. The average Bonchev–Trinajstić information content (AvgIpc) is 2.28. The van der Waals surface area contributed by atoms with Gasteiger partial charge < -0.3 is 4.74 Å². The quantitative estimate of drug-likeness (QED) is 0.786. The second kappa shape index (κ2) is 4.86. The number of methoxy groups -OCH3 is 1. The van der Waals surface area contributed by atoms with Crippen molar-refractivity contribution >= 4 is 15.7 Å². The van der Waals surface area contributed by atoms with E-state index in [-0.39, 0.29) is 0 Å². The molecule has 0 heterocycles.